The quantitative estimate of drug-likeness (QED) is 0.542. The lowest BCUT2D eigenvalue weighted by molar-refractivity contribution is -0.402. The van der Waals surface area contributed by atoms with Crippen LogP contribution < -0.4 is 5.32 Å². The maximum Gasteiger partial charge on any atom is 0.433 e. The van der Waals surface area contributed by atoms with Gasteiger partial charge in [-0.15, -0.1) is 0 Å². The number of carboxylic acids is 1. The molecule has 0 aliphatic carbocycles. The molecule has 9 heteroatoms. The Kier molecular flexibility index (Phi) is 5.01. The summed E-state index contributed by atoms with van der Waals surface area (Å²) in [6.07, 6.45) is -0.957. The number of amides is 1. The summed E-state index contributed by atoms with van der Waals surface area (Å²) >= 11 is 0. The summed E-state index contributed by atoms with van der Waals surface area (Å²) in [5, 5.41) is 21.3. The van der Waals surface area contributed by atoms with E-state index >= 15 is 0 Å². The number of aliphatic carboxylic acids is 1. The molecule has 0 spiro atoms. The highest BCUT2D eigenvalue weighted by molar-refractivity contribution is 5.91. The molecule has 104 valence electrons. The number of rotatable bonds is 7. The summed E-state index contributed by atoms with van der Waals surface area (Å²) in [5.41, 5.74) is 0. The van der Waals surface area contributed by atoms with Gasteiger partial charge in [-0.3, -0.25) is 19.7 Å². The number of nitrogens with zero attached hydrogens (tertiary/aromatic N) is 1. The molecule has 1 heterocycles. The zero-order valence-corrected chi connectivity index (χ0v) is 9.99. The highest BCUT2D eigenvalue weighted by atomic mass is 16.6. The summed E-state index contributed by atoms with van der Waals surface area (Å²) in [6, 6.07) is 2.21. The van der Waals surface area contributed by atoms with Crippen LogP contribution >= 0.6 is 0 Å². The van der Waals surface area contributed by atoms with Crippen molar-refractivity contribution < 1.29 is 28.8 Å². The van der Waals surface area contributed by atoms with Crippen molar-refractivity contribution in [3.05, 3.63) is 28.0 Å². The number of methoxy groups -OCH3 is 1. The van der Waals surface area contributed by atoms with E-state index in [2.05, 4.69) is 9.73 Å². The van der Waals surface area contributed by atoms with Crippen LogP contribution in [0.5, 0.6) is 0 Å². The van der Waals surface area contributed by atoms with Crippen LogP contribution in [0.15, 0.2) is 16.5 Å². The lowest BCUT2D eigenvalue weighted by Gasteiger charge is -2.12. The number of ether oxygens (including phenoxy) is 1. The molecule has 0 saturated heterocycles. The number of carbonyl (C=O) groups excluding carboxylic acids is 1. The lowest BCUT2D eigenvalue weighted by atomic mass is 10.2. The van der Waals surface area contributed by atoms with Gasteiger partial charge in [0.15, 0.2) is 5.76 Å². The van der Waals surface area contributed by atoms with E-state index in [9.17, 15) is 19.7 Å². The minimum atomic E-state index is -1.06. The van der Waals surface area contributed by atoms with Gasteiger partial charge in [0.2, 0.25) is 0 Å². The third-order valence-corrected chi connectivity index (χ3v) is 2.22. The predicted molar refractivity (Wildman–Crippen MR) is 60.7 cm³/mol. The molecule has 0 aliphatic heterocycles. The van der Waals surface area contributed by atoms with Crippen LogP contribution in [-0.2, 0) is 9.53 Å². The number of hydrogen-bond donors (Lipinski definition) is 2. The number of carbonyl (C=O) groups is 2. The van der Waals surface area contributed by atoms with Gasteiger partial charge in [0, 0.05) is 13.7 Å². The first-order valence-corrected chi connectivity index (χ1v) is 5.21. The molecule has 0 radical (unpaired) electrons. The van der Waals surface area contributed by atoms with Gasteiger partial charge in [-0.05, 0) is 6.07 Å². The van der Waals surface area contributed by atoms with Gasteiger partial charge in [0.1, 0.15) is 4.92 Å². The van der Waals surface area contributed by atoms with Crippen molar-refractivity contribution in [1.82, 2.24) is 5.32 Å². The number of nitro groups is 1. The first-order chi connectivity index (χ1) is 8.93. The van der Waals surface area contributed by atoms with Crippen LogP contribution in [0.3, 0.4) is 0 Å². The second-order valence-corrected chi connectivity index (χ2v) is 3.56. The monoisotopic (exact) mass is 272 g/mol. The Bertz CT molecular complexity index is 482. The smallest absolute Gasteiger partial charge is 0.433 e. The molecule has 1 amide bonds. The molecule has 0 aliphatic rings. The van der Waals surface area contributed by atoms with E-state index in [1.54, 1.807) is 0 Å². The third kappa shape index (κ3) is 4.39. The first-order valence-electron chi connectivity index (χ1n) is 5.21. The number of nitrogens with one attached hydrogen (secondary N) is 1. The van der Waals surface area contributed by atoms with E-state index in [0.717, 1.165) is 12.1 Å². The zero-order valence-electron chi connectivity index (χ0n) is 9.99. The Hall–Kier alpha value is -2.42. The maximum absolute atomic E-state index is 11.6. The van der Waals surface area contributed by atoms with Gasteiger partial charge in [-0.25, -0.2) is 0 Å². The molecule has 1 rings (SSSR count). The van der Waals surface area contributed by atoms with Gasteiger partial charge >= 0.3 is 11.9 Å². The van der Waals surface area contributed by atoms with Crippen LogP contribution in [0.2, 0.25) is 0 Å². The van der Waals surface area contributed by atoms with E-state index in [1.807, 2.05) is 0 Å². The van der Waals surface area contributed by atoms with Crippen molar-refractivity contribution in [1.29, 1.82) is 0 Å². The fraction of sp³-hybridized carbons (Fsp3) is 0.400. The summed E-state index contributed by atoms with van der Waals surface area (Å²) in [4.78, 5) is 31.6. The molecule has 9 nitrogen and oxygen atoms in total. The SMILES string of the molecule is COC(CNC(=O)c1ccc([N+](=O)[O-])o1)CC(=O)O. The van der Waals surface area contributed by atoms with Gasteiger partial charge in [-0.1, -0.05) is 0 Å². The Morgan fingerprint density at radius 2 is 2.26 bits per heavy atom. The molecule has 1 unspecified atom stereocenters. The summed E-state index contributed by atoms with van der Waals surface area (Å²) in [7, 11) is 1.32. The number of carboxylic acid groups (broad SMARTS) is 1. The largest absolute Gasteiger partial charge is 0.481 e. The van der Waals surface area contributed by atoms with Crippen LogP contribution in [-0.4, -0.2) is 41.7 Å². The number of furan rings is 1. The van der Waals surface area contributed by atoms with Crippen LogP contribution in [0.4, 0.5) is 5.88 Å². The van der Waals surface area contributed by atoms with Crippen molar-refractivity contribution in [3.8, 4) is 0 Å². The minimum absolute atomic E-state index is 0.0455. The number of hydrogen-bond acceptors (Lipinski definition) is 6. The van der Waals surface area contributed by atoms with Crippen LogP contribution in [0, 0.1) is 10.1 Å². The maximum atomic E-state index is 11.6. The van der Waals surface area contributed by atoms with E-state index < -0.39 is 28.8 Å². The fourth-order valence-corrected chi connectivity index (χ4v) is 1.28. The molecular weight excluding hydrogens is 260 g/mol. The molecule has 1 aromatic heterocycles. The standard InChI is InChI=1S/C10H12N2O7/c1-18-6(4-9(13)14)5-11-10(15)7-2-3-8(19-7)12(16)17/h2-3,6H,4-5H2,1H3,(H,11,15)(H,13,14). The van der Waals surface area contributed by atoms with E-state index in [1.165, 1.54) is 7.11 Å². The Balaban J connectivity index is 2.54. The van der Waals surface area contributed by atoms with Crippen LogP contribution in [0.1, 0.15) is 17.0 Å². The summed E-state index contributed by atoms with van der Waals surface area (Å²) < 4.78 is 9.54. The van der Waals surface area contributed by atoms with Gasteiger partial charge in [-0.2, -0.15) is 0 Å². The first kappa shape index (κ1) is 14.6. The minimum Gasteiger partial charge on any atom is -0.481 e. The predicted octanol–water partition coefficient (Wildman–Crippen LogP) is 0.407. The molecule has 0 saturated carbocycles. The molecule has 1 aromatic rings. The normalized spacial score (nSPS) is 11.8. The second kappa shape index (κ2) is 6.50. The lowest BCUT2D eigenvalue weighted by Crippen LogP contribution is -2.34. The molecule has 0 aromatic carbocycles. The van der Waals surface area contributed by atoms with Gasteiger partial charge in [0.05, 0.1) is 18.6 Å². The van der Waals surface area contributed by atoms with Crippen molar-refractivity contribution in [2.45, 2.75) is 12.5 Å². The average Bonchev–Trinajstić information content (AvgIpc) is 2.83. The molecule has 0 fully saturated rings. The molecular formula is C10H12N2O7. The van der Waals surface area contributed by atoms with Gasteiger partial charge < -0.3 is 19.6 Å². The van der Waals surface area contributed by atoms with E-state index in [0.29, 0.717) is 0 Å². The third-order valence-electron chi connectivity index (χ3n) is 2.22. The fourth-order valence-electron chi connectivity index (χ4n) is 1.28. The van der Waals surface area contributed by atoms with Crippen LogP contribution in [0.25, 0.3) is 0 Å². The Morgan fingerprint density at radius 3 is 2.74 bits per heavy atom. The molecule has 0 bridgehead atoms. The zero-order chi connectivity index (χ0) is 14.4. The summed E-state index contributed by atoms with van der Waals surface area (Å²) in [6.45, 7) is -0.0455. The van der Waals surface area contributed by atoms with Crippen molar-refractivity contribution >= 4 is 17.8 Å². The Morgan fingerprint density at radius 1 is 1.58 bits per heavy atom. The molecule has 1 atom stereocenters. The molecule has 19 heavy (non-hydrogen) atoms. The van der Waals surface area contributed by atoms with E-state index in [-0.39, 0.29) is 18.7 Å². The average molecular weight is 272 g/mol. The van der Waals surface area contributed by atoms with Gasteiger partial charge in [0.25, 0.3) is 5.91 Å². The Labute approximate surface area is 107 Å². The van der Waals surface area contributed by atoms with Crippen molar-refractivity contribution in [2.24, 2.45) is 0 Å². The highest BCUT2D eigenvalue weighted by Crippen LogP contribution is 2.15. The summed E-state index contributed by atoms with van der Waals surface area (Å²) in [5.74, 6) is -2.51. The van der Waals surface area contributed by atoms with Crippen molar-refractivity contribution in [2.75, 3.05) is 13.7 Å². The highest BCUT2D eigenvalue weighted by Gasteiger charge is 2.19. The topological polar surface area (TPSA) is 132 Å². The molecule has 2 N–H and O–H groups in total. The second-order valence-electron chi connectivity index (χ2n) is 3.56. The van der Waals surface area contributed by atoms with Crippen molar-refractivity contribution in [3.63, 3.8) is 0 Å². The van der Waals surface area contributed by atoms with E-state index in [4.69, 9.17) is 9.84 Å².